The molecule has 1 aromatic rings. The molecular formula is C5H6BNO3. The zero-order chi connectivity index (χ0) is 7.40. The monoisotopic (exact) mass is 139 g/mol. The molecule has 0 amide bonds. The van der Waals surface area contributed by atoms with E-state index in [0.717, 1.165) is 0 Å². The molecule has 0 aliphatic rings. The van der Waals surface area contributed by atoms with E-state index in [4.69, 9.17) is 10.3 Å². The van der Waals surface area contributed by atoms with Crippen LogP contribution in [0.25, 0.3) is 0 Å². The lowest BCUT2D eigenvalue weighted by atomic mass is 9.81. The number of hydrogen-bond acceptors (Lipinski definition) is 4. The van der Waals surface area contributed by atoms with Gasteiger partial charge >= 0.3 is 7.12 Å². The summed E-state index contributed by atoms with van der Waals surface area (Å²) in [6, 6.07) is 3.09. The first-order chi connectivity index (χ1) is 4.84. The maximum absolute atomic E-state index is 8.83. The Morgan fingerprint density at radius 3 is 2.50 bits per heavy atom. The van der Waals surface area contributed by atoms with Crippen molar-refractivity contribution in [2.75, 3.05) is 0 Å². The summed E-state index contributed by atoms with van der Waals surface area (Å²) in [5.41, 5.74) is 0.470. The van der Waals surface area contributed by atoms with Crippen molar-refractivity contribution in [1.82, 2.24) is 4.98 Å². The molecule has 0 aromatic carbocycles. The van der Waals surface area contributed by atoms with Crippen molar-refractivity contribution in [1.29, 1.82) is 0 Å². The van der Waals surface area contributed by atoms with Gasteiger partial charge in [-0.25, -0.2) is 0 Å². The van der Waals surface area contributed by atoms with Gasteiger partial charge in [0, 0.05) is 12.4 Å². The summed E-state index contributed by atoms with van der Waals surface area (Å²) >= 11 is 0. The van der Waals surface area contributed by atoms with Crippen LogP contribution in [-0.2, 0) is 4.81 Å². The first-order valence-electron chi connectivity index (χ1n) is 2.73. The summed E-state index contributed by atoms with van der Waals surface area (Å²) in [5, 5.41) is 16.8. The quantitative estimate of drug-likeness (QED) is 0.321. The van der Waals surface area contributed by atoms with Crippen LogP contribution in [0.5, 0.6) is 0 Å². The normalized spacial score (nSPS) is 9.40. The molecule has 0 bridgehead atoms. The number of rotatable bonds is 2. The van der Waals surface area contributed by atoms with Crippen LogP contribution in [0.1, 0.15) is 0 Å². The molecule has 0 fully saturated rings. The van der Waals surface area contributed by atoms with Crippen molar-refractivity contribution < 1.29 is 15.1 Å². The first-order valence-corrected chi connectivity index (χ1v) is 2.73. The van der Waals surface area contributed by atoms with Crippen molar-refractivity contribution in [2.24, 2.45) is 0 Å². The minimum atomic E-state index is -1.28. The van der Waals surface area contributed by atoms with Crippen molar-refractivity contribution in [3.63, 3.8) is 0 Å². The summed E-state index contributed by atoms with van der Waals surface area (Å²) in [5.74, 6) is 0. The first kappa shape index (κ1) is 7.20. The molecule has 0 spiro atoms. The van der Waals surface area contributed by atoms with Gasteiger partial charge in [0.15, 0.2) is 0 Å². The smallest absolute Gasteiger partial charge is 0.422 e. The Bertz CT molecular complexity index is 193. The zero-order valence-electron chi connectivity index (χ0n) is 5.14. The average molecular weight is 139 g/mol. The van der Waals surface area contributed by atoms with Crippen LogP contribution in [0.4, 0.5) is 0 Å². The molecule has 1 heterocycles. The maximum Gasteiger partial charge on any atom is 0.522 e. The molecule has 4 nitrogen and oxygen atoms in total. The Hall–Kier alpha value is -0.905. The Labute approximate surface area is 58.2 Å². The van der Waals surface area contributed by atoms with Crippen molar-refractivity contribution in [2.45, 2.75) is 0 Å². The largest absolute Gasteiger partial charge is 0.522 e. The van der Waals surface area contributed by atoms with Gasteiger partial charge in [0.2, 0.25) is 0 Å². The third kappa shape index (κ3) is 1.54. The topological polar surface area (TPSA) is 62.6 Å². The standard InChI is InChI=1S/C5H6BNO3/c8-6(10-9)5-1-3-7-4-2-5/h1-4,8-9H. The van der Waals surface area contributed by atoms with E-state index in [-0.39, 0.29) is 0 Å². The molecule has 0 aliphatic heterocycles. The molecule has 1 rings (SSSR count). The van der Waals surface area contributed by atoms with Gasteiger partial charge < -0.3 is 5.02 Å². The fraction of sp³-hybridized carbons (Fsp3) is 0. The van der Waals surface area contributed by atoms with Crippen LogP contribution in [0, 0.1) is 0 Å². The van der Waals surface area contributed by atoms with Crippen LogP contribution in [0.3, 0.4) is 0 Å². The van der Waals surface area contributed by atoms with Crippen LogP contribution in [0.2, 0.25) is 0 Å². The molecular weight excluding hydrogens is 133 g/mol. The Morgan fingerprint density at radius 1 is 1.40 bits per heavy atom. The van der Waals surface area contributed by atoms with E-state index in [1.165, 1.54) is 12.4 Å². The van der Waals surface area contributed by atoms with Gasteiger partial charge in [-0.15, -0.1) is 0 Å². The summed E-state index contributed by atoms with van der Waals surface area (Å²) < 4.78 is 0. The second-order valence-electron chi connectivity index (χ2n) is 1.74. The zero-order valence-corrected chi connectivity index (χ0v) is 5.14. The highest BCUT2D eigenvalue weighted by atomic mass is 17.1. The Morgan fingerprint density at radius 2 is 2.00 bits per heavy atom. The van der Waals surface area contributed by atoms with Crippen molar-refractivity contribution in [3.8, 4) is 0 Å². The third-order valence-corrected chi connectivity index (χ3v) is 1.09. The lowest BCUT2D eigenvalue weighted by Crippen LogP contribution is -2.32. The predicted molar refractivity (Wildman–Crippen MR) is 35.6 cm³/mol. The molecule has 1 aromatic heterocycles. The molecule has 0 aliphatic carbocycles. The number of hydrogen-bond donors (Lipinski definition) is 2. The number of aromatic nitrogens is 1. The van der Waals surface area contributed by atoms with E-state index in [1.807, 2.05) is 0 Å². The van der Waals surface area contributed by atoms with Crippen LogP contribution in [-0.4, -0.2) is 22.4 Å². The fourth-order valence-electron chi connectivity index (χ4n) is 0.589. The van der Waals surface area contributed by atoms with Crippen molar-refractivity contribution >= 4 is 12.6 Å². The van der Waals surface area contributed by atoms with Gasteiger partial charge in [-0.3, -0.25) is 15.0 Å². The summed E-state index contributed by atoms with van der Waals surface area (Å²) in [6.45, 7) is 0. The minimum Gasteiger partial charge on any atom is -0.422 e. The van der Waals surface area contributed by atoms with Gasteiger partial charge in [0.25, 0.3) is 0 Å². The van der Waals surface area contributed by atoms with Gasteiger partial charge in [0.05, 0.1) is 0 Å². The van der Waals surface area contributed by atoms with Gasteiger partial charge in [0.1, 0.15) is 0 Å². The molecule has 0 atom stereocenters. The van der Waals surface area contributed by atoms with E-state index in [9.17, 15) is 0 Å². The van der Waals surface area contributed by atoms with Crippen LogP contribution >= 0.6 is 0 Å². The molecule has 0 unspecified atom stereocenters. The molecule has 0 saturated heterocycles. The molecule has 5 heteroatoms. The van der Waals surface area contributed by atoms with E-state index in [1.54, 1.807) is 12.1 Å². The maximum atomic E-state index is 8.83. The molecule has 2 N–H and O–H groups in total. The van der Waals surface area contributed by atoms with Gasteiger partial charge in [-0.1, -0.05) is 0 Å². The van der Waals surface area contributed by atoms with E-state index < -0.39 is 7.12 Å². The van der Waals surface area contributed by atoms with Crippen LogP contribution < -0.4 is 5.46 Å². The Kier molecular flexibility index (Phi) is 2.38. The Balaban J connectivity index is 2.75. The second kappa shape index (κ2) is 3.31. The summed E-state index contributed by atoms with van der Waals surface area (Å²) in [4.78, 5) is 7.38. The fourth-order valence-corrected chi connectivity index (χ4v) is 0.589. The number of nitrogens with zero attached hydrogens (tertiary/aromatic N) is 1. The van der Waals surface area contributed by atoms with Gasteiger partial charge in [-0.05, 0) is 17.6 Å². The number of pyridine rings is 1. The van der Waals surface area contributed by atoms with Crippen LogP contribution in [0.15, 0.2) is 24.5 Å². The third-order valence-electron chi connectivity index (χ3n) is 1.09. The predicted octanol–water partition coefficient (Wildman–Crippen LogP) is -0.741. The van der Waals surface area contributed by atoms with E-state index in [2.05, 4.69) is 9.79 Å². The summed E-state index contributed by atoms with van der Waals surface area (Å²) in [6.07, 6.45) is 3.00. The van der Waals surface area contributed by atoms with E-state index in [0.29, 0.717) is 5.46 Å². The highest BCUT2D eigenvalue weighted by molar-refractivity contribution is 6.59. The average Bonchev–Trinajstić information content (AvgIpc) is 2.05. The molecule has 0 radical (unpaired) electrons. The molecule has 10 heavy (non-hydrogen) atoms. The van der Waals surface area contributed by atoms with Gasteiger partial charge in [-0.2, -0.15) is 0 Å². The SMILES string of the molecule is OOB(O)c1ccncc1. The highest BCUT2D eigenvalue weighted by Crippen LogP contribution is 1.81. The lowest BCUT2D eigenvalue weighted by molar-refractivity contribution is -0.154. The summed E-state index contributed by atoms with van der Waals surface area (Å²) in [7, 11) is -1.28. The molecule has 52 valence electrons. The second-order valence-corrected chi connectivity index (χ2v) is 1.74. The lowest BCUT2D eigenvalue weighted by Gasteiger charge is -1.98. The van der Waals surface area contributed by atoms with E-state index >= 15 is 0 Å². The minimum absolute atomic E-state index is 0.470. The highest BCUT2D eigenvalue weighted by Gasteiger charge is 2.14. The molecule has 0 saturated carbocycles. The van der Waals surface area contributed by atoms with Crippen molar-refractivity contribution in [3.05, 3.63) is 24.5 Å².